The molecule has 10 heteroatoms. The van der Waals surface area contributed by atoms with Gasteiger partial charge in [-0.1, -0.05) is 73.3 Å². The number of nitrogens with zero attached hydrogens (tertiary/aromatic N) is 5. The van der Waals surface area contributed by atoms with Gasteiger partial charge in [0.25, 0.3) is 0 Å². The first-order chi connectivity index (χ1) is 20.0. The van der Waals surface area contributed by atoms with Crippen molar-refractivity contribution >= 4 is 23.4 Å². The molecule has 1 aromatic heterocycles. The number of halogens is 1. The smallest absolute Gasteiger partial charge is 0.247 e. The predicted octanol–water partition coefficient (Wildman–Crippen LogP) is 5.22. The number of amides is 2. The zero-order chi connectivity index (χ0) is 28.6. The molecule has 4 aromatic rings. The van der Waals surface area contributed by atoms with Crippen molar-refractivity contribution in [3.8, 4) is 17.1 Å². The number of hydrogen-bond acceptors (Lipinski definition) is 6. The number of nitrogens with one attached hydrogen (secondary N) is 1. The van der Waals surface area contributed by atoms with Crippen LogP contribution in [0.25, 0.3) is 11.4 Å². The molecule has 1 fully saturated rings. The molecule has 0 spiro atoms. The Labute approximate surface area is 244 Å². The van der Waals surface area contributed by atoms with Crippen LogP contribution in [0, 0.1) is 0 Å². The van der Waals surface area contributed by atoms with Crippen LogP contribution in [0.3, 0.4) is 0 Å². The first-order valence-electron chi connectivity index (χ1n) is 13.8. The molecule has 9 nitrogen and oxygen atoms in total. The lowest BCUT2D eigenvalue weighted by atomic mass is 9.91. The summed E-state index contributed by atoms with van der Waals surface area (Å²) < 4.78 is 5.35. The van der Waals surface area contributed by atoms with Crippen LogP contribution < -0.4 is 10.1 Å². The van der Waals surface area contributed by atoms with E-state index in [4.69, 9.17) is 16.3 Å². The summed E-state index contributed by atoms with van der Waals surface area (Å²) in [4.78, 5) is 31.1. The number of carbonyl (C=O) groups is 2. The molecule has 0 radical (unpaired) electrons. The molecular formula is C31H33ClN6O3. The van der Waals surface area contributed by atoms with Gasteiger partial charge in [-0.25, -0.2) is 0 Å². The second-order valence-electron chi connectivity index (χ2n) is 10.1. The minimum atomic E-state index is -0.834. The number of carbonyl (C=O) groups excluding carboxylic acids is 2. The Balaban J connectivity index is 1.44. The number of aromatic nitrogens is 4. The fraction of sp³-hybridized carbons (Fsp3) is 0.323. The van der Waals surface area contributed by atoms with Crippen molar-refractivity contribution in [1.82, 2.24) is 30.4 Å². The van der Waals surface area contributed by atoms with Crippen LogP contribution in [0.2, 0.25) is 5.02 Å². The Morgan fingerprint density at radius 3 is 2.39 bits per heavy atom. The van der Waals surface area contributed by atoms with Crippen LogP contribution >= 0.6 is 11.6 Å². The quantitative estimate of drug-likeness (QED) is 0.279. The summed E-state index contributed by atoms with van der Waals surface area (Å²) in [6, 6.07) is 23.2. The molecular weight excluding hydrogens is 540 g/mol. The Morgan fingerprint density at radius 2 is 1.71 bits per heavy atom. The van der Waals surface area contributed by atoms with Gasteiger partial charge in [0, 0.05) is 23.2 Å². The summed E-state index contributed by atoms with van der Waals surface area (Å²) in [6.07, 6.45) is 4.76. The van der Waals surface area contributed by atoms with Gasteiger partial charge in [-0.15, -0.1) is 10.2 Å². The molecule has 0 saturated heterocycles. The van der Waals surface area contributed by atoms with E-state index in [0.29, 0.717) is 28.7 Å². The van der Waals surface area contributed by atoms with E-state index in [-0.39, 0.29) is 24.4 Å². The minimum Gasteiger partial charge on any atom is -0.497 e. The molecule has 41 heavy (non-hydrogen) atoms. The van der Waals surface area contributed by atoms with Gasteiger partial charge >= 0.3 is 0 Å². The van der Waals surface area contributed by atoms with Crippen LogP contribution in [0.4, 0.5) is 0 Å². The van der Waals surface area contributed by atoms with Crippen molar-refractivity contribution in [2.24, 2.45) is 0 Å². The number of methoxy groups -OCH3 is 1. The lowest BCUT2D eigenvalue weighted by Crippen LogP contribution is -2.50. The number of rotatable bonds is 10. The molecule has 0 unspecified atom stereocenters. The number of hydrogen-bond donors (Lipinski definition) is 1. The maximum Gasteiger partial charge on any atom is 0.247 e. The molecule has 212 valence electrons. The van der Waals surface area contributed by atoms with Gasteiger partial charge in [-0.05, 0) is 65.6 Å². The Morgan fingerprint density at radius 1 is 1.00 bits per heavy atom. The van der Waals surface area contributed by atoms with Gasteiger partial charge in [-0.2, -0.15) is 4.80 Å². The Bertz CT molecular complexity index is 1440. The van der Waals surface area contributed by atoms with Gasteiger partial charge in [-0.3, -0.25) is 9.59 Å². The third-order valence-electron chi connectivity index (χ3n) is 7.36. The third-order valence-corrected chi connectivity index (χ3v) is 7.61. The number of ether oxygens (including phenoxy) is 1. The zero-order valence-corrected chi connectivity index (χ0v) is 23.7. The van der Waals surface area contributed by atoms with E-state index in [0.717, 1.165) is 43.2 Å². The second kappa shape index (κ2) is 13.4. The Kier molecular flexibility index (Phi) is 9.26. The van der Waals surface area contributed by atoms with E-state index in [2.05, 4.69) is 20.7 Å². The highest BCUT2D eigenvalue weighted by atomic mass is 35.5. The maximum atomic E-state index is 14.1. The highest BCUT2D eigenvalue weighted by molar-refractivity contribution is 6.30. The average molecular weight is 573 g/mol. The first-order valence-corrected chi connectivity index (χ1v) is 14.2. The summed E-state index contributed by atoms with van der Waals surface area (Å²) >= 11 is 6.01. The first kappa shape index (κ1) is 28.3. The molecule has 1 atom stereocenters. The van der Waals surface area contributed by atoms with Crippen molar-refractivity contribution in [3.63, 3.8) is 0 Å². The van der Waals surface area contributed by atoms with Gasteiger partial charge in [0.2, 0.25) is 17.6 Å². The molecule has 2 amide bonds. The van der Waals surface area contributed by atoms with Gasteiger partial charge < -0.3 is 15.0 Å². The highest BCUT2D eigenvalue weighted by Gasteiger charge is 2.37. The van der Waals surface area contributed by atoms with Crippen LogP contribution in [0.1, 0.15) is 49.3 Å². The molecule has 0 aliphatic heterocycles. The second-order valence-corrected chi connectivity index (χ2v) is 10.6. The lowest BCUT2D eigenvalue weighted by Gasteiger charge is -2.39. The topological polar surface area (TPSA) is 102 Å². The largest absolute Gasteiger partial charge is 0.497 e. The summed E-state index contributed by atoms with van der Waals surface area (Å²) in [5.41, 5.74) is 2.43. The van der Waals surface area contributed by atoms with E-state index in [1.807, 2.05) is 54.6 Å². The Hall–Kier alpha value is -4.24. The van der Waals surface area contributed by atoms with E-state index < -0.39 is 6.04 Å². The van der Waals surface area contributed by atoms with Crippen LogP contribution in [0.5, 0.6) is 5.75 Å². The number of benzene rings is 3. The monoisotopic (exact) mass is 572 g/mol. The molecule has 5 rings (SSSR count). The van der Waals surface area contributed by atoms with Crippen molar-refractivity contribution < 1.29 is 14.3 Å². The van der Waals surface area contributed by atoms with E-state index >= 15 is 0 Å². The highest BCUT2D eigenvalue weighted by Crippen LogP contribution is 2.32. The summed E-state index contributed by atoms with van der Waals surface area (Å²) in [5.74, 6) is 0.583. The number of tetrazole rings is 1. The van der Waals surface area contributed by atoms with E-state index in [1.165, 1.54) is 4.80 Å². The van der Waals surface area contributed by atoms with Crippen LogP contribution in [0.15, 0.2) is 78.9 Å². The van der Waals surface area contributed by atoms with Crippen LogP contribution in [-0.2, 0) is 22.7 Å². The van der Waals surface area contributed by atoms with Crippen molar-refractivity contribution in [3.05, 3.63) is 95.0 Å². The van der Waals surface area contributed by atoms with Gasteiger partial charge in [0.1, 0.15) is 18.3 Å². The van der Waals surface area contributed by atoms with Gasteiger partial charge in [0.15, 0.2) is 0 Å². The molecule has 1 saturated carbocycles. The normalized spacial score (nSPS) is 14.3. The molecule has 1 aliphatic carbocycles. The lowest BCUT2D eigenvalue weighted by molar-refractivity contribution is -0.145. The molecule has 3 aromatic carbocycles. The van der Waals surface area contributed by atoms with Crippen molar-refractivity contribution in [1.29, 1.82) is 0 Å². The summed E-state index contributed by atoms with van der Waals surface area (Å²) in [6.45, 7) is 0.212. The van der Waals surface area contributed by atoms with Crippen molar-refractivity contribution in [2.45, 2.75) is 57.3 Å². The average Bonchev–Trinajstić information content (AvgIpc) is 3.48. The third kappa shape index (κ3) is 7.10. The maximum absolute atomic E-state index is 14.1. The molecule has 0 bridgehead atoms. The minimum absolute atomic E-state index is 0.0925. The predicted molar refractivity (Wildman–Crippen MR) is 156 cm³/mol. The zero-order valence-electron chi connectivity index (χ0n) is 22.9. The van der Waals surface area contributed by atoms with Gasteiger partial charge in [0.05, 0.1) is 7.11 Å². The van der Waals surface area contributed by atoms with Crippen LogP contribution in [-0.4, -0.2) is 50.1 Å². The summed E-state index contributed by atoms with van der Waals surface area (Å²) in [5, 5.41) is 16.4. The molecule has 1 aliphatic rings. The fourth-order valence-electron chi connectivity index (χ4n) is 5.25. The molecule has 1 heterocycles. The standard InChI is InChI=1S/C31H33ClN6O3/c1-41-27-18-14-23(15-19-27)29(31(40)33-20-22-8-4-2-5-9-22)38(26-10-6-3-7-11-26)28(39)21-37-35-30(34-36-37)24-12-16-25(32)17-13-24/h2,4-5,8-9,12-19,26,29H,3,6-7,10-11,20-21H2,1H3,(H,33,40)/t29-/m1/s1. The van der Waals surface area contributed by atoms with E-state index in [9.17, 15) is 9.59 Å². The SMILES string of the molecule is COc1ccc([C@H](C(=O)NCc2ccccc2)N(C(=O)Cn2nnc(-c3ccc(Cl)cc3)n2)C2CCCCC2)cc1. The van der Waals surface area contributed by atoms with Crippen molar-refractivity contribution in [2.75, 3.05) is 7.11 Å². The fourth-order valence-corrected chi connectivity index (χ4v) is 5.38. The summed E-state index contributed by atoms with van der Waals surface area (Å²) in [7, 11) is 1.60. The van der Waals surface area contributed by atoms with E-state index in [1.54, 1.807) is 36.3 Å². The molecule has 1 N–H and O–H groups in total.